The lowest BCUT2D eigenvalue weighted by Crippen LogP contribution is -2.01. The summed E-state index contributed by atoms with van der Waals surface area (Å²) in [4.78, 5) is 0. The predicted molar refractivity (Wildman–Crippen MR) is 68.6 cm³/mol. The average Bonchev–Trinajstić information content (AvgIpc) is 2.85. The van der Waals surface area contributed by atoms with Gasteiger partial charge in [0.1, 0.15) is 30.5 Å². The summed E-state index contributed by atoms with van der Waals surface area (Å²) < 4.78 is 28.6. The van der Waals surface area contributed by atoms with E-state index in [0.29, 0.717) is 29.4 Å². The Balaban J connectivity index is 2.06. The number of hydrogen-bond donors (Lipinski definition) is 1. The summed E-state index contributed by atoms with van der Waals surface area (Å²) in [5.74, 6) is 0.593. The second kappa shape index (κ2) is 6.49. The maximum Gasteiger partial charge on any atom is 0.162 e. The summed E-state index contributed by atoms with van der Waals surface area (Å²) in [6.07, 6.45) is -0.818. The Morgan fingerprint density at radius 2 is 2.15 bits per heavy atom. The molecule has 0 bridgehead atoms. The van der Waals surface area contributed by atoms with E-state index in [0.717, 1.165) is 0 Å². The summed E-state index contributed by atoms with van der Waals surface area (Å²) in [6.45, 7) is 2.05. The normalized spacial score (nSPS) is 12.4. The summed E-state index contributed by atoms with van der Waals surface area (Å²) in [6, 6.07) is 5.72. The van der Waals surface area contributed by atoms with Crippen molar-refractivity contribution in [2.45, 2.75) is 26.2 Å². The highest BCUT2D eigenvalue weighted by Crippen LogP contribution is 2.26. The summed E-state index contributed by atoms with van der Waals surface area (Å²) in [7, 11) is 1.56. The van der Waals surface area contributed by atoms with Crippen molar-refractivity contribution in [3.63, 3.8) is 0 Å². The van der Waals surface area contributed by atoms with E-state index in [9.17, 15) is 9.50 Å². The number of aromatic nitrogens is 1. The largest absolute Gasteiger partial charge is 0.487 e. The van der Waals surface area contributed by atoms with Crippen molar-refractivity contribution >= 4 is 0 Å². The van der Waals surface area contributed by atoms with Crippen molar-refractivity contribution in [1.29, 1.82) is 0 Å². The molecule has 0 aliphatic carbocycles. The van der Waals surface area contributed by atoms with Gasteiger partial charge in [0, 0.05) is 18.7 Å². The third-order valence-electron chi connectivity index (χ3n) is 2.69. The molecule has 1 unspecified atom stereocenters. The van der Waals surface area contributed by atoms with Crippen LogP contribution in [0.5, 0.6) is 5.75 Å². The van der Waals surface area contributed by atoms with Crippen LogP contribution in [0.1, 0.15) is 30.0 Å². The van der Waals surface area contributed by atoms with E-state index in [-0.39, 0.29) is 6.61 Å². The van der Waals surface area contributed by atoms with Crippen molar-refractivity contribution < 1.29 is 23.5 Å². The standard InChI is InChI=1S/C14H16FNO4/c1-9(17)13-5-10(15)3-4-14(13)19-7-11-6-12(8-18-2)20-16-11/h3-6,9,17H,7-8H2,1-2H3. The number of nitrogens with zero attached hydrogens (tertiary/aromatic N) is 1. The van der Waals surface area contributed by atoms with Crippen molar-refractivity contribution in [2.75, 3.05) is 7.11 Å². The van der Waals surface area contributed by atoms with Crippen LogP contribution in [0.4, 0.5) is 4.39 Å². The van der Waals surface area contributed by atoms with Gasteiger partial charge in [-0.05, 0) is 25.1 Å². The topological polar surface area (TPSA) is 64.7 Å². The van der Waals surface area contributed by atoms with Gasteiger partial charge in [-0.2, -0.15) is 0 Å². The van der Waals surface area contributed by atoms with Gasteiger partial charge in [0.05, 0.1) is 6.10 Å². The van der Waals surface area contributed by atoms with E-state index in [1.165, 1.54) is 18.2 Å². The fraction of sp³-hybridized carbons (Fsp3) is 0.357. The minimum Gasteiger partial charge on any atom is -0.487 e. The molecule has 1 atom stereocenters. The van der Waals surface area contributed by atoms with E-state index >= 15 is 0 Å². The molecule has 1 N–H and O–H groups in total. The van der Waals surface area contributed by atoms with Crippen LogP contribution in [-0.4, -0.2) is 17.4 Å². The second-order valence-corrected chi connectivity index (χ2v) is 4.36. The van der Waals surface area contributed by atoms with Gasteiger partial charge in [0.15, 0.2) is 5.76 Å². The van der Waals surface area contributed by atoms with E-state index in [1.807, 2.05) is 0 Å². The Bertz CT molecular complexity index is 568. The molecule has 1 aromatic heterocycles. The minimum atomic E-state index is -0.818. The van der Waals surface area contributed by atoms with Crippen molar-refractivity contribution in [2.24, 2.45) is 0 Å². The molecule has 5 nitrogen and oxygen atoms in total. The van der Waals surface area contributed by atoms with Gasteiger partial charge in [-0.1, -0.05) is 5.16 Å². The summed E-state index contributed by atoms with van der Waals surface area (Å²) in [5, 5.41) is 13.4. The van der Waals surface area contributed by atoms with Gasteiger partial charge in [0.25, 0.3) is 0 Å². The molecule has 1 heterocycles. The molecule has 0 fully saturated rings. The average molecular weight is 281 g/mol. The van der Waals surface area contributed by atoms with Gasteiger partial charge < -0.3 is 19.1 Å². The fourth-order valence-corrected chi connectivity index (χ4v) is 1.76. The molecule has 0 spiro atoms. The van der Waals surface area contributed by atoms with Crippen LogP contribution in [0.2, 0.25) is 0 Å². The molecule has 0 amide bonds. The van der Waals surface area contributed by atoms with Gasteiger partial charge >= 0.3 is 0 Å². The van der Waals surface area contributed by atoms with E-state index in [1.54, 1.807) is 20.1 Å². The molecule has 6 heteroatoms. The molecule has 20 heavy (non-hydrogen) atoms. The maximum absolute atomic E-state index is 13.2. The Hall–Kier alpha value is -1.92. The first kappa shape index (κ1) is 14.5. The van der Waals surface area contributed by atoms with Crippen LogP contribution >= 0.6 is 0 Å². The Kier molecular flexibility index (Phi) is 4.70. The third kappa shape index (κ3) is 3.55. The van der Waals surface area contributed by atoms with E-state index in [2.05, 4.69) is 5.16 Å². The molecule has 2 aromatic rings. The molecule has 0 aliphatic rings. The zero-order chi connectivity index (χ0) is 14.5. The number of methoxy groups -OCH3 is 1. The molecule has 0 saturated carbocycles. The van der Waals surface area contributed by atoms with Crippen LogP contribution in [0.15, 0.2) is 28.8 Å². The molecular weight excluding hydrogens is 265 g/mol. The molecule has 0 radical (unpaired) electrons. The predicted octanol–water partition coefficient (Wildman–Crippen LogP) is 2.59. The number of hydrogen-bond acceptors (Lipinski definition) is 5. The van der Waals surface area contributed by atoms with Gasteiger partial charge in [-0.15, -0.1) is 0 Å². The van der Waals surface area contributed by atoms with E-state index < -0.39 is 11.9 Å². The van der Waals surface area contributed by atoms with Gasteiger partial charge in [-0.3, -0.25) is 0 Å². The lowest BCUT2D eigenvalue weighted by molar-refractivity contribution is 0.155. The number of halogens is 1. The zero-order valence-corrected chi connectivity index (χ0v) is 11.3. The zero-order valence-electron chi connectivity index (χ0n) is 11.3. The lowest BCUT2D eigenvalue weighted by atomic mass is 10.1. The molecule has 2 rings (SSSR count). The minimum absolute atomic E-state index is 0.165. The van der Waals surface area contributed by atoms with Crippen molar-refractivity contribution in [3.05, 3.63) is 47.1 Å². The molecule has 0 saturated heterocycles. The van der Waals surface area contributed by atoms with E-state index in [4.69, 9.17) is 14.0 Å². The summed E-state index contributed by atoms with van der Waals surface area (Å²) in [5.41, 5.74) is 0.989. The van der Waals surface area contributed by atoms with Crippen LogP contribution in [0, 0.1) is 5.82 Å². The maximum atomic E-state index is 13.2. The van der Waals surface area contributed by atoms with Crippen molar-refractivity contribution in [1.82, 2.24) is 5.16 Å². The number of ether oxygens (including phenoxy) is 2. The van der Waals surface area contributed by atoms with Crippen molar-refractivity contribution in [3.8, 4) is 5.75 Å². The van der Waals surface area contributed by atoms with Crippen LogP contribution in [-0.2, 0) is 18.0 Å². The van der Waals surface area contributed by atoms with Crippen LogP contribution in [0.25, 0.3) is 0 Å². The molecule has 108 valence electrons. The Morgan fingerprint density at radius 1 is 1.35 bits per heavy atom. The molecule has 0 aliphatic heterocycles. The monoisotopic (exact) mass is 281 g/mol. The Morgan fingerprint density at radius 3 is 2.85 bits per heavy atom. The molecule has 1 aromatic carbocycles. The highest BCUT2D eigenvalue weighted by atomic mass is 19.1. The number of aliphatic hydroxyl groups is 1. The van der Waals surface area contributed by atoms with Gasteiger partial charge in [0.2, 0.25) is 0 Å². The van der Waals surface area contributed by atoms with Crippen LogP contribution < -0.4 is 4.74 Å². The Labute approximate surface area is 115 Å². The van der Waals surface area contributed by atoms with Gasteiger partial charge in [-0.25, -0.2) is 4.39 Å². The number of benzene rings is 1. The SMILES string of the molecule is COCc1cc(COc2ccc(F)cc2C(C)O)no1. The number of rotatable bonds is 6. The highest BCUT2D eigenvalue weighted by Gasteiger charge is 2.12. The quantitative estimate of drug-likeness (QED) is 0.881. The summed E-state index contributed by atoms with van der Waals surface area (Å²) >= 11 is 0. The van der Waals surface area contributed by atoms with Crippen LogP contribution in [0.3, 0.4) is 0 Å². The first-order valence-corrected chi connectivity index (χ1v) is 6.14. The molecular formula is C14H16FNO4. The number of aliphatic hydroxyl groups excluding tert-OH is 1. The third-order valence-corrected chi connectivity index (χ3v) is 2.69. The second-order valence-electron chi connectivity index (χ2n) is 4.36. The smallest absolute Gasteiger partial charge is 0.162 e. The fourth-order valence-electron chi connectivity index (χ4n) is 1.76. The lowest BCUT2D eigenvalue weighted by Gasteiger charge is -2.12. The first-order chi connectivity index (χ1) is 9.60. The highest BCUT2D eigenvalue weighted by molar-refractivity contribution is 5.35. The first-order valence-electron chi connectivity index (χ1n) is 6.14.